The Labute approximate surface area is 218 Å². The van der Waals surface area contributed by atoms with Crippen molar-refractivity contribution in [2.75, 3.05) is 0 Å². The Balaban J connectivity index is -0.0000000547. The molecule has 0 atom stereocenters. The Bertz CT molecular complexity index is 140. The summed E-state index contributed by atoms with van der Waals surface area (Å²) in [5.41, 5.74) is 0. The van der Waals surface area contributed by atoms with Gasteiger partial charge >= 0.3 is 75.7 Å². The maximum absolute atomic E-state index is 4.93. The van der Waals surface area contributed by atoms with Crippen LogP contribution in [0.4, 0.5) is 0 Å². The Morgan fingerprint density at radius 1 is 0.250 bits per heavy atom. The van der Waals surface area contributed by atoms with E-state index in [9.17, 15) is 0 Å². The Hall–Kier alpha value is 2.93. The quantitative estimate of drug-likeness (QED) is 0.232. The Morgan fingerprint density at radius 3 is 0.321 bits per heavy atom. The van der Waals surface area contributed by atoms with E-state index in [-0.39, 0.29) is 29.7 Å². The third-order valence-electron chi connectivity index (χ3n) is 4.50. The molecule has 0 unspecified atom stereocenters. The molecule has 0 aromatic carbocycles. The van der Waals surface area contributed by atoms with E-state index in [0.717, 1.165) is 0 Å². The molecule has 3 saturated carbocycles. The van der Waals surface area contributed by atoms with Crippen LogP contribution in [0.1, 0.15) is 116 Å². The van der Waals surface area contributed by atoms with Crippen LogP contribution in [0.25, 0.3) is 0 Å². The Morgan fingerprint density at radius 2 is 0.286 bits per heavy atom. The molecule has 3 rings (SSSR count). The van der Waals surface area contributed by atoms with Crippen LogP contribution in [-0.4, -0.2) is 0 Å². The van der Waals surface area contributed by atoms with Crippen molar-refractivity contribution in [3.63, 3.8) is 0 Å². The van der Waals surface area contributed by atoms with Crippen molar-refractivity contribution in [3.05, 3.63) is 29.7 Å². The van der Waals surface area contributed by atoms with Gasteiger partial charge in [0.15, 0.2) is 0 Å². The summed E-state index contributed by atoms with van der Waals surface area (Å²) >= 11 is -1.65. The van der Waals surface area contributed by atoms with Gasteiger partial charge in [0.1, 0.15) is 0 Å². The van der Waals surface area contributed by atoms with Gasteiger partial charge in [-0.2, -0.15) is 0 Å². The van der Waals surface area contributed by atoms with E-state index in [1.54, 1.807) is 0 Å². The van der Waals surface area contributed by atoms with E-state index in [0.29, 0.717) is 0 Å². The zero-order valence-electron chi connectivity index (χ0n) is 19.2. The summed E-state index contributed by atoms with van der Waals surface area (Å²) in [4.78, 5) is 0. The van der Waals surface area contributed by atoms with Crippen molar-refractivity contribution in [2.24, 2.45) is 0 Å². The second-order valence-corrected chi connectivity index (χ2v) is 14.0. The van der Waals surface area contributed by atoms with Crippen LogP contribution in [0.5, 0.6) is 0 Å². The molecule has 0 heterocycles. The number of halogens is 4. The van der Waals surface area contributed by atoms with E-state index < -0.39 is 41.7 Å². The average Bonchev–Trinajstić information content (AvgIpc) is 3.28. The number of hydrogen-bond donors (Lipinski definition) is 0. The summed E-state index contributed by atoms with van der Waals surface area (Å²) in [6.07, 6.45) is 27.0. The first-order valence-corrected chi connectivity index (χ1v) is 22.4. The van der Waals surface area contributed by atoms with Gasteiger partial charge in [0.25, 0.3) is 0 Å². The predicted octanol–water partition coefficient (Wildman–Crippen LogP) is 11.6. The average molecular weight is 637 g/mol. The molecule has 0 N–H and O–H groups in total. The molecule has 0 saturated heterocycles. The molecule has 0 amide bonds. The van der Waals surface area contributed by atoms with Crippen LogP contribution in [0.3, 0.4) is 0 Å². The van der Waals surface area contributed by atoms with Crippen molar-refractivity contribution in [1.29, 1.82) is 0 Å². The summed E-state index contributed by atoms with van der Waals surface area (Å²) in [7, 11) is 19.7. The summed E-state index contributed by atoms with van der Waals surface area (Å²) in [5, 5.41) is 0. The van der Waals surface area contributed by atoms with E-state index in [1.165, 1.54) is 116 Å². The summed E-state index contributed by atoms with van der Waals surface area (Å²) < 4.78 is 0. The molecular weight excluding hydrogens is 589 g/mol. The molecule has 0 nitrogen and oxygen atoms in total. The van der Waals surface area contributed by atoms with Gasteiger partial charge in [0.05, 0.1) is 0 Å². The summed E-state index contributed by atoms with van der Waals surface area (Å²) in [5.74, 6) is 0. The van der Waals surface area contributed by atoms with Crippen LogP contribution in [0, 0.1) is 29.7 Å². The van der Waals surface area contributed by atoms with Crippen molar-refractivity contribution < 1.29 is 41.7 Å². The third kappa shape index (κ3) is 51.5. The molecule has 3 aliphatic rings. The van der Waals surface area contributed by atoms with Gasteiger partial charge in [-0.3, -0.25) is 0 Å². The topological polar surface area (TPSA) is 0 Å². The number of rotatable bonds is 0. The molecule has 3 fully saturated rings. The number of hydrogen-bond acceptors (Lipinski definition) is 0. The fourth-order valence-electron chi connectivity index (χ4n) is 3.18. The summed E-state index contributed by atoms with van der Waals surface area (Å²) in [6.45, 7) is 0. The first kappa shape index (κ1) is 44.6. The predicted molar refractivity (Wildman–Crippen MR) is 132 cm³/mol. The van der Waals surface area contributed by atoms with Crippen molar-refractivity contribution in [2.45, 2.75) is 116 Å². The summed E-state index contributed by atoms with van der Waals surface area (Å²) in [6, 6.07) is 0. The van der Waals surface area contributed by atoms with Gasteiger partial charge < -0.3 is 29.7 Å². The SMILES string of the molecule is C1CCCC1.C1CCCC1.C1CCCCCCC1.[CH3-].[CH3-].[CH3-].[CH3-].[Cl][Zr+2][Cl].[Cl][Zr+2][Cl]. The molecule has 3 aliphatic carbocycles. The molecule has 28 heavy (non-hydrogen) atoms. The van der Waals surface area contributed by atoms with Gasteiger partial charge in [-0.15, -0.1) is 0 Å². The van der Waals surface area contributed by atoms with Crippen molar-refractivity contribution >= 4 is 34.1 Å². The fraction of sp³-hybridized carbons (Fsp3) is 0.818. The van der Waals surface area contributed by atoms with E-state index >= 15 is 0 Å². The Kier molecular flexibility index (Phi) is 75.8. The molecular formula is C22H48Cl4Zr2. The molecule has 172 valence electrons. The first-order chi connectivity index (χ1) is 11.8. The molecule has 0 aromatic rings. The monoisotopic (exact) mass is 632 g/mol. The second-order valence-electron chi connectivity index (χ2n) is 6.51. The standard InChI is InChI=1S/C8H16.2C5H10.4CH3.4ClH.2Zr/c1-2-4-6-8-7-5-3-1;2*1-2-4-5-3-1;;;;;;;;;;/h1-8H2;2*1-5H2;4*1H3;4*1H;;/q;;;4*-1;;;;;2*+4/p-4. The van der Waals surface area contributed by atoms with Gasteiger partial charge in [-0.25, -0.2) is 0 Å². The van der Waals surface area contributed by atoms with E-state index in [1.807, 2.05) is 0 Å². The second kappa shape index (κ2) is 47.6. The third-order valence-corrected chi connectivity index (χ3v) is 4.50. The van der Waals surface area contributed by atoms with Crippen LogP contribution < -0.4 is 0 Å². The van der Waals surface area contributed by atoms with Crippen molar-refractivity contribution in [3.8, 4) is 0 Å². The van der Waals surface area contributed by atoms with Crippen LogP contribution in [-0.2, 0) is 41.7 Å². The molecule has 0 aliphatic heterocycles. The van der Waals surface area contributed by atoms with Crippen LogP contribution >= 0.6 is 34.1 Å². The maximum atomic E-state index is 4.93. The minimum atomic E-state index is -0.826. The van der Waals surface area contributed by atoms with Gasteiger partial charge in [-0.1, -0.05) is 116 Å². The van der Waals surface area contributed by atoms with E-state index in [2.05, 4.69) is 0 Å². The molecule has 0 bridgehead atoms. The van der Waals surface area contributed by atoms with Crippen LogP contribution in [0.2, 0.25) is 0 Å². The first-order valence-electron chi connectivity index (χ1n) is 9.76. The van der Waals surface area contributed by atoms with Crippen molar-refractivity contribution in [1.82, 2.24) is 0 Å². The molecule has 0 spiro atoms. The normalized spacial score (nSPS) is 16.1. The van der Waals surface area contributed by atoms with Crippen LogP contribution in [0.15, 0.2) is 0 Å². The zero-order valence-corrected chi connectivity index (χ0v) is 27.2. The molecule has 0 radical (unpaired) electrons. The minimum absolute atomic E-state index is 0. The zero-order chi connectivity index (χ0) is 18.1. The molecule has 6 heteroatoms. The van der Waals surface area contributed by atoms with E-state index in [4.69, 9.17) is 34.1 Å². The van der Waals surface area contributed by atoms with Gasteiger partial charge in [-0.05, 0) is 0 Å². The molecule has 0 aromatic heterocycles. The van der Waals surface area contributed by atoms with Gasteiger partial charge in [0.2, 0.25) is 0 Å². The van der Waals surface area contributed by atoms with Gasteiger partial charge in [0, 0.05) is 0 Å². The fourth-order valence-corrected chi connectivity index (χ4v) is 3.18.